The van der Waals surface area contributed by atoms with Crippen LogP contribution < -0.4 is 5.69 Å². The van der Waals surface area contributed by atoms with E-state index < -0.39 is 0 Å². The second-order valence-electron chi connectivity index (χ2n) is 4.27. The SMILES string of the molecule is Cc1cccc(Br)c1-c1ccc2[nH]c(=O)[nH]c2c1. The summed E-state index contributed by atoms with van der Waals surface area (Å²) in [5.74, 6) is 0. The highest BCUT2D eigenvalue weighted by molar-refractivity contribution is 9.10. The van der Waals surface area contributed by atoms with Gasteiger partial charge in [-0.25, -0.2) is 4.79 Å². The first-order chi connectivity index (χ1) is 8.65. The summed E-state index contributed by atoms with van der Waals surface area (Å²) >= 11 is 3.57. The third kappa shape index (κ3) is 1.78. The standard InChI is InChI=1S/C14H11BrN2O/c1-8-3-2-4-10(15)13(8)9-5-6-11-12(7-9)17-14(18)16-11/h2-7H,1H3,(H2,16,17,18). The van der Waals surface area contributed by atoms with Gasteiger partial charge in [0, 0.05) is 4.47 Å². The number of hydrogen-bond acceptors (Lipinski definition) is 1. The van der Waals surface area contributed by atoms with Gasteiger partial charge in [-0.05, 0) is 41.8 Å². The van der Waals surface area contributed by atoms with E-state index in [1.807, 2.05) is 30.3 Å². The van der Waals surface area contributed by atoms with Crippen LogP contribution in [0.5, 0.6) is 0 Å². The van der Waals surface area contributed by atoms with Crippen molar-refractivity contribution in [2.75, 3.05) is 0 Å². The third-order valence-electron chi connectivity index (χ3n) is 3.03. The highest BCUT2D eigenvalue weighted by Crippen LogP contribution is 2.32. The van der Waals surface area contributed by atoms with Crippen molar-refractivity contribution in [3.8, 4) is 11.1 Å². The predicted octanol–water partition coefficient (Wildman–Crippen LogP) is 3.59. The first-order valence-electron chi connectivity index (χ1n) is 5.63. The van der Waals surface area contributed by atoms with Crippen LogP contribution in [-0.2, 0) is 0 Å². The number of nitrogens with one attached hydrogen (secondary N) is 2. The molecule has 0 aliphatic carbocycles. The number of benzene rings is 2. The Bertz CT molecular complexity index is 766. The Balaban J connectivity index is 2.28. The molecule has 3 rings (SSSR count). The lowest BCUT2D eigenvalue weighted by Gasteiger charge is -2.08. The van der Waals surface area contributed by atoms with Crippen LogP contribution in [0.15, 0.2) is 45.7 Å². The molecule has 2 aromatic carbocycles. The Morgan fingerprint density at radius 3 is 2.61 bits per heavy atom. The van der Waals surface area contributed by atoms with Gasteiger partial charge >= 0.3 is 5.69 Å². The quantitative estimate of drug-likeness (QED) is 0.709. The predicted molar refractivity (Wildman–Crippen MR) is 76.8 cm³/mol. The summed E-state index contributed by atoms with van der Waals surface area (Å²) in [5.41, 5.74) is 4.91. The number of imidazole rings is 1. The second kappa shape index (κ2) is 4.14. The van der Waals surface area contributed by atoms with Gasteiger partial charge in [-0.3, -0.25) is 0 Å². The van der Waals surface area contributed by atoms with Crippen molar-refractivity contribution in [2.45, 2.75) is 6.92 Å². The summed E-state index contributed by atoms with van der Waals surface area (Å²) in [6.45, 7) is 2.07. The van der Waals surface area contributed by atoms with Crippen LogP contribution in [0.1, 0.15) is 5.56 Å². The molecule has 4 heteroatoms. The summed E-state index contributed by atoms with van der Waals surface area (Å²) < 4.78 is 1.06. The molecular weight excluding hydrogens is 292 g/mol. The van der Waals surface area contributed by atoms with E-state index in [0.717, 1.165) is 26.6 Å². The second-order valence-corrected chi connectivity index (χ2v) is 5.13. The number of fused-ring (bicyclic) bond motifs is 1. The van der Waals surface area contributed by atoms with Gasteiger partial charge in [-0.2, -0.15) is 0 Å². The van der Waals surface area contributed by atoms with Gasteiger partial charge in [-0.15, -0.1) is 0 Å². The van der Waals surface area contributed by atoms with Crippen molar-refractivity contribution in [1.82, 2.24) is 9.97 Å². The molecule has 0 aliphatic rings. The Labute approximate surface area is 112 Å². The molecule has 0 aliphatic heterocycles. The normalized spacial score (nSPS) is 11.0. The lowest BCUT2D eigenvalue weighted by atomic mass is 10.0. The molecule has 18 heavy (non-hydrogen) atoms. The maximum atomic E-state index is 11.3. The number of H-pyrrole nitrogens is 2. The summed E-state index contributed by atoms with van der Waals surface area (Å²) in [6.07, 6.45) is 0. The van der Waals surface area contributed by atoms with Crippen molar-refractivity contribution in [2.24, 2.45) is 0 Å². The number of halogens is 1. The van der Waals surface area contributed by atoms with E-state index in [2.05, 4.69) is 38.9 Å². The molecule has 0 saturated heterocycles. The minimum atomic E-state index is -0.175. The van der Waals surface area contributed by atoms with E-state index in [1.54, 1.807) is 0 Å². The average Bonchev–Trinajstić information content (AvgIpc) is 2.68. The average molecular weight is 303 g/mol. The van der Waals surface area contributed by atoms with Crippen LogP contribution >= 0.6 is 15.9 Å². The Morgan fingerprint density at radius 1 is 1.06 bits per heavy atom. The highest BCUT2D eigenvalue weighted by Gasteiger charge is 2.07. The van der Waals surface area contributed by atoms with Crippen LogP contribution in [0, 0.1) is 6.92 Å². The molecule has 0 bridgehead atoms. The fraction of sp³-hybridized carbons (Fsp3) is 0.0714. The number of rotatable bonds is 1. The fourth-order valence-electron chi connectivity index (χ4n) is 2.19. The van der Waals surface area contributed by atoms with E-state index in [9.17, 15) is 4.79 Å². The molecular formula is C14H11BrN2O. The van der Waals surface area contributed by atoms with Crippen molar-refractivity contribution in [1.29, 1.82) is 0 Å². The number of hydrogen-bond donors (Lipinski definition) is 2. The molecule has 0 unspecified atom stereocenters. The van der Waals surface area contributed by atoms with E-state index in [1.165, 1.54) is 5.56 Å². The van der Waals surface area contributed by atoms with Crippen molar-refractivity contribution in [3.63, 3.8) is 0 Å². The Morgan fingerprint density at radius 2 is 1.83 bits per heavy atom. The van der Waals surface area contributed by atoms with E-state index in [0.29, 0.717) is 0 Å². The zero-order chi connectivity index (χ0) is 12.7. The maximum absolute atomic E-state index is 11.3. The first kappa shape index (κ1) is 11.3. The van der Waals surface area contributed by atoms with Crippen LogP contribution in [0.2, 0.25) is 0 Å². The summed E-state index contributed by atoms with van der Waals surface area (Å²) in [7, 11) is 0. The maximum Gasteiger partial charge on any atom is 0.323 e. The molecule has 0 fully saturated rings. The topological polar surface area (TPSA) is 48.6 Å². The lowest BCUT2D eigenvalue weighted by Crippen LogP contribution is -1.99. The van der Waals surface area contributed by atoms with Gasteiger partial charge in [0.1, 0.15) is 0 Å². The van der Waals surface area contributed by atoms with Crippen LogP contribution in [0.3, 0.4) is 0 Å². The Hall–Kier alpha value is -1.81. The van der Waals surface area contributed by atoms with Crippen molar-refractivity contribution in [3.05, 3.63) is 56.9 Å². The summed E-state index contributed by atoms with van der Waals surface area (Å²) in [4.78, 5) is 16.8. The summed E-state index contributed by atoms with van der Waals surface area (Å²) in [5, 5.41) is 0. The minimum absolute atomic E-state index is 0.175. The molecule has 90 valence electrons. The molecule has 3 aromatic rings. The van der Waals surface area contributed by atoms with Crippen LogP contribution in [0.4, 0.5) is 0 Å². The van der Waals surface area contributed by atoms with Gasteiger partial charge in [-0.1, -0.05) is 34.1 Å². The zero-order valence-electron chi connectivity index (χ0n) is 9.75. The Kier molecular flexibility index (Phi) is 2.59. The molecule has 0 amide bonds. The molecule has 1 heterocycles. The van der Waals surface area contributed by atoms with E-state index >= 15 is 0 Å². The third-order valence-corrected chi connectivity index (χ3v) is 3.69. The molecule has 3 nitrogen and oxygen atoms in total. The van der Waals surface area contributed by atoms with Crippen LogP contribution in [0.25, 0.3) is 22.2 Å². The molecule has 1 aromatic heterocycles. The van der Waals surface area contributed by atoms with Gasteiger partial charge in [0.15, 0.2) is 0 Å². The smallest absolute Gasteiger partial charge is 0.306 e. The number of aromatic nitrogens is 2. The molecule has 0 atom stereocenters. The summed E-state index contributed by atoms with van der Waals surface area (Å²) in [6, 6.07) is 12.0. The molecule has 0 radical (unpaired) electrons. The van der Waals surface area contributed by atoms with Crippen LogP contribution in [-0.4, -0.2) is 9.97 Å². The molecule has 0 saturated carbocycles. The van der Waals surface area contributed by atoms with E-state index in [-0.39, 0.29) is 5.69 Å². The molecule has 0 spiro atoms. The molecule has 2 N–H and O–H groups in total. The lowest BCUT2D eigenvalue weighted by molar-refractivity contribution is 1.22. The van der Waals surface area contributed by atoms with Gasteiger partial charge in [0.2, 0.25) is 0 Å². The van der Waals surface area contributed by atoms with E-state index in [4.69, 9.17) is 0 Å². The minimum Gasteiger partial charge on any atom is -0.306 e. The largest absolute Gasteiger partial charge is 0.323 e. The number of aryl methyl sites for hydroxylation is 1. The van der Waals surface area contributed by atoms with Gasteiger partial charge < -0.3 is 9.97 Å². The fourth-order valence-corrected chi connectivity index (χ4v) is 2.88. The van der Waals surface area contributed by atoms with Gasteiger partial charge in [0.25, 0.3) is 0 Å². The van der Waals surface area contributed by atoms with Crippen molar-refractivity contribution >= 4 is 27.0 Å². The highest BCUT2D eigenvalue weighted by atomic mass is 79.9. The monoisotopic (exact) mass is 302 g/mol. The first-order valence-corrected chi connectivity index (χ1v) is 6.42. The van der Waals surface area contributed by atoms with Crippen molar-refractivity contribution < 1.29 is 0 Å². The zero-order valence-corrected chi connectivity index (χ0v) is 11.3. The van der Waals surface area contributed by atoms with Gasteiger partial charge in [0.05, 0.1) is 11.0 Å². The number of aromatic amines is 2.